The van der Waals surface area contributed by atoms with Crippen molar-refractivity contribution in [3.05, 3.63) is 29.8 Å². The molecule has 27 heavy (non-hydrogen) atoms. The molecule has 4 bridgehead atoms. The molecule has 5 aliphatic rings. The Labute approximate surface area is 162 Å². The molecule has 4 aliphatic carbocycles. The average Bonchev–Trinajstić information content (AvgIpc) is 2.56. The summed E-state index contributed by atoms with van der Waals surface area (Å²) in [7, 11) is 0. The highest BCUT2D eigenvalue weighted by molar-refractivity contribution is 5.35. The number of hydrogen-bond acceptors (Lipinski definition) is 4. The molecule has 0 aromatic heterocycles. The van der Waals surface area contributed by atoms with E-state index in [4.69, 9.17) is 14.5 Å². The molecule has 1 atom stereocenters. The predicted octanol–water partition coefficient (Wildman–Crippen LogP) is 5.15. The van der Waals surface area contributed by atoms with Gasteiger partial charge >= 0.3 is 0 Å². The van der Waals surface area contributed by atoms with Gasteiger partial charge < -0.3 is 9.84 Å². The predicted molar refractivity (Wildman–Crippen MR) is 102 cm³/mol. The number of phenolic OH excluding ortho intramolecular Hbond substituents is 1. The van der Waals surface area contributed by atoms with Crippen LogP contribution in [0.1, 0.15) is 64.9 Å². The van der Waals surface area contributed by atoms with Crippen molar-refractivity contribution in [1.82, 2.24) is 0 Å². The molecule has 6 rings (SSSR count). The standard InChI is InChI=1S/C23H32O4/c1-21(2,3)7-8-25-23(17-5-4-6-20(24)14-17)22(26-27-23)18-10-15-9-16(12-18)13-19(22)11-15/h4-6,14-16,18-19,24H,7-13H2,1-3H3. The van der Waals surface area contributed by atoms with Crippen LogP contribution in [-0.4, -0.2) is 17.3 Å². The van der Waals surface area contributed by atoms with Crippen LogP contribution >= 0.6 is 0 Å². The van der Waals surface area contributed by atoms with Gasteiger partial charge in [-0.2, -0.15) is 4.89 Å². The summed E-state index contributed by atoms with van der Waals surface area (Å²) in [6.45, 7) is 7.31. The third-order valence-corrected chi connectivity index (χ3v) is 7.55. The first-order valence-corrected chi connectivity index (χ1v) is 10.6. The normalized spacial score (nSPS) is 42.5. The number of benzene rings is 1. The lowest BCUT2D eigenvalue weighted by Gasteiger charge is -2.69. The summed E-state index contributed by atoms with van der Waals surface area (Å²) in [5.41, 5.74) is 0.698. The van der Waals surface area contributed by atoms with E-state index in [1.165, 1.54) is 32.1 Å². The van der Waals surface area contributed by atoms with Crippen LogP contribution in [0.4, 0.5) is 0 Å². The van der Waals surface area contributed by atoms with E-state index in [0.29, 0.717) is 18.4 Å². The Morgan fingerprint density at radius 2 is 1.70 bits per heavy atom. The molecule has 148 valence electrons. The number of phenols is 1. The summed E-state index contributed by atoms with van der Waals surface area (Å²) in [4.78, 5) is 12.0. The Bertz CT molecular complexity index is 693. The van der Waals surface area contributed by atoms with E-state index in [1.54, 1.807) is 12.1 Å². The molecule has 1 saturated heterocycles. The Balaban J connectivity index is 1.53. The second-order valence-corrected chi connectivity index (χ2v) is 10.6. The third-order valence-electron chi connectivity index (χ3n) is 7.55. The zero-order chi connectivity index (χ0) is 18.9. The Morgan fingerprint density at radius 1 is 1.04 bits per heavy atom. The Hall–Kier alpha value is -1.10. The van der Waals surface area contributed by atoms with Gasteiger partial charge in [-0.05, 0) is 79.7 Å². The van der Waals surface area contributed by atoms with E-state index >= 15 is 0 Å². The van der Waals surface area contributed by atoms with Crippen LogP contribution in [-0.2, 0) is 20.3 Å². The zero-order valence-corrected chi connectivity index (χ0v) is 16.7. The van der Waals surface area contributed by atoms with Gasteiger partial charge in [0.15, 0.2) is 5.60 Å². The minimum Gasteiger partial charge on any atom is -0.508 e. The maximum atomic E-state index is 10.1. The van der Waals surface area contributed by atoms with Gasteiger partial charge in [-0.25, -0.2) is 4.89 Å². The van der Waals surface area contributed by atoms with Gasteiger partial charge in [0.1, 0.15) is 5.75 Å². The van der Waals surface area contributed by atoms with Gasteiger partial charge in [-0.1, -0.05) is 32.9 Å². The smallest absolute Gasteiger partial charge is 0.261 e. The fourth-order valence-corrected chi connectivity index (χ4v) is 6.48. The highest BCUT2D eigenvalue weighted by Gasteiger charge is 2.76. The summed E-state index contributed by atoms with van der Waals surface area (Å²) in [6, 6.07) is 7.40. The van der Waals surface area contributed by atoms with Gasteiger partial charge in [-0.3, -0.25) is 0 Å². The maximum Gasteiger partial charge on any atom is 0.261 e. The van der Waals surface area contributed by atoms with Crippen molar-refractivity contribution in [3.63, 3.8) is 0 Å². The molecule has 1 unspecified atom stereocenters. The van der Waals surface area contributed by atoms with Crippen molar-refractivity contribution in [2.75, 3.05) is 6.61 Å². The van der Waals surface area contributed by atoms with E-state index in [2.05, 4.69) is 20.8 Å². The molecule has 1 aromatic carbocycles. The van der Waals surface area contributed by atoms with E-state index in [-0.39, 0.29) is 11.2 Å². The molecule has 4 saturated carbocycles. The van der Waals surface area contributed by atoms with Crippen molar-refractivity contribution in [2.45, 2.75) is 70.7 Å². The number of aromatic hydroxyl groups is 1. The third kappa shape index (κ3) is 2.60. The lowest BCUT2D eigenvalue weighted by atomic mass is 9.47. The molecule has 0 amide bonds. The molecule has 5 fully saturated rings. The number of hydrogen-bond donors (Lipinski definition) is 1. The Kier molecular flexibility index (Phi) is 3.96. The lowest BCUT2D eigenvalue weighted by Crippen LogP contribution is -2.76. The summed E-state index contributed by atoms with van der Waals surface area (Å²) < 4.78 is 6.60. The number of rotatable bonds is 4. The first-order valence-electron chi connectivity index (χ1n) is 10.6. The monoisotopic (exact) mass is 372 g/mol. The highest BCUT2D eigenvalue weighted by Crippen LogP contribution is 2.69. The van der Waals surface area contributed by atoms with Crippen molar-refractivity contribution in [3.8, 4) is 5.75 Å². The first-order chi connectivity index (χ1) is 12.8. The van der Waals surface area contributed by atoms with E-state index in [0.717, 1.165) is 23.8 Å². The highest BCUT2D eigenvalue weighted by atomic mass is 17.3. The van der Waals surface area contributed by atoms with Crippen LogP contribution in [0.15, 0.2) is 24.3 Å². The minimum atomic E-state index is -0.889. The van der Waals surface area contributed by atoms with Crippen LogP contribution in [0.3, 0.4) is 0 Å². The summed E-state index contributed by atoms with van der Waals surface area (Å²) >= 11 is 0. The second-order valence-electron chi connectivity index (χ2n) is 10.6. The van der Waals surface area contributed by atoms with Crippen molar-refractivity contribution >= 4 is 0 Å². The second kappa shape index (κ2) is 5.95. The molecule has 1 N–H and O–H groups in total. The number of ether oxygens (including phenoxy) is 1. The topological polar surface area (TPSA) is 47.9 Å². The van der Waals surface area contributed by atoms with Crippen LogP contribution in [0.5, 0.6) is 5.75 Å². The van der Waals surface area contributed by atoms with Gasteiger partial charge in [0, 0.05) is 5.56 Å². The van der Waals surface area contributed by atoms with Crippen molar-refractivity contribution in [2.24, 2.45) is 29.1 Å². The van der Waals surface area contributed by atoms with E-state index in [1.807, 2.05) is 12.1 Å². The van der Waals surface area contributed by atoms with Crippen LogP contribution in [0.25, 0.3) is 0 Å². The summed E-state index contributed by atoms with van der Waals surface area (Å²) in [6.07, 6.45) is 7.24. The van der Waals surface area contributed by atoms with Crippen molar-refractivity contribution in [1.29, 1.82) is 0 Å². The molecule has 1 heterocycles. The largest absolute Gasteiger partial charge is 0.508 e. The average molecular weight is 373 g/mol. The summed E-state index contributed by atoms with van der Waals surface area (Å²) in [5.74, 6) is 2.02. The molecular weight excluding hydrogens is 340 g/mol. The van der Waals surface area contributed by atoms with Crippen LogP contribution in [0.2, 0.25) is 0 Å². The SMILES string of the molecule is CC(C)(C)CCOC1(c2cccc(O)c2)OOC12C1CC3CC(C1)CC2C3. The van der Waals surface area contributed by atoms with E-state index in [9.17, 15) is 5.11 Å². The maximum absolute atomic E-state index is 10.1. The first kappa shape index (κ1) is 18.0. The Morgan fingerprint density at radius 3 is 2.22 bits per heavy atom. The van der Waals surface area contributed by atoms with Gasteiger partial charge in [0.25, 0.3) is 5.79 Å². The molecular formula is C23H32O4. The zero-order valence-electron chi connectivity index (χ0n) is 16.7. The molecule has 4 heteroatoms. The van der Waals surface area contributed by atoms with E-state index < -0.39 is 11.4 Å². The minimum absolute atomic E-state index is 0.196. The van der Waals surface area contributed by atoms with Crippen molar-refractivity contribution < 1.29 is 19.6 Å². The molecule has 1 aromatic rings. The quantitative estimate of drug-likeness (QED) is 0.742. The molecule has 1 aliphatic heterocycles. The summed E-state index contributed by atoms with van der Waals surface area (Å²) in [5, 5.41) is 10.1. The fraction of sp³-hybridized carbons (Fsp3) is 0.739. The van der Waals surface area contributed by atoms with Gasteiger partial charge in [-0.15, -0.1) is 0 Å². The fourth-order valence-electron chi connectivity index (χ4n) is 6.48. The molecule has 1 spiro atoms. The van der Waals surface area contributed by atoms with Crippen LogP contribution < -0.4 is 0 Å². The van der Waals surface area contributed by atoms with Gasteiger partial charge in [0.05, 0.1) is 6.61 Å². The van der Waals surface area contributed by atoms with Gasteiger partial charge in [0.2, 0.25) is 0 Å². The molecule has 0 radical (unpaired) electrons. The lowest BCUT2D eigenvalue weighted by molar-refractivity contribution is -0.648. The van der Waals surface area contributed by atoms with Crippen LogP contribution in [0, 0.1) is 29.1 Å². The molecule has 4 nitrogen and oxygen atoms in total.